The number of H-pyrrole nitrogens is 1. The molecule has 1 aromatic rings. The van der Waals surface area contributed by atoms with Gasteiger partial charge in [0, 0.05) is 44.6 Å². The van der Waals surface area contributed by atoms with Gasteiger partial charge in [-0.15, -0.1) is 0 Å². The summed E-state index contributed by atoms with van der Waals surface area (Å²) in [6, 6.07) is 0. The van der Waals surface area contributed by atoms with Gasteiger partial charge in [0.25, 0.3) is 11.8 Å². The molecule has 0 bridgehead atoms. The maximum absolute atomic E-state index is 12.4. The number of fused-ring (bicyclic) bond motifs is 1. The zero-order valence-electron chi connectivity index (χ0n) is 12.7. The lowest BCUT2D eigenvalue weighted by Gasteiger charge is -2.23. The van der Waals surface area contributed by atoms with Crippen LogP contribution in [0.3, 0.4) is 0 Å². The molecule has 124 valence electrons. The minimum absolute atomic E-state index is 0.0916. The summed E-state index contributed by atoms with van der Waals surface area (Å²) in [4.78, 5) is 41.7. The molecule has 1 aromatic heterocycles. The Morgan fingerprint density at radius 1 is 1.13 bits per heavy atom. The zero-order chi connectivity index (χ0) is 16.0. The van der Waals surface area contributed by atoms with Crippen LogP contribution in [0.15, 0.2) is 15.5 Å². The fourth-order valence-electron chi connectivity index (χ4n) is 3.87. The monoisotopic (exact) mass is 321 g/mol. The molecule has 1 unspecified atom stereocenters. The normalized spacial score (nSPS) is 30.0. The number of oxazole rings is 1. The Morgan fingerprint density at radius 3 is 2.39 bits per heavy atom. The highest BCUT2D eigenvalue weighted by molar-refractivity contribution is 5.92. The van der Waals surface area contributed by atoms with Gasteiger partial charge in [-0.25, -0.2) is 4.79 Å². The quantitative estimate of drug-likeness (QED) is 0.805. The van der Waals surface area contributed by atoms with Gasteiger partial charge in [0.1, 0.15) is 18.1 Å². The number of aromatic nitrogens is 1. The first-order valence-corrected chi connectivity index (χ1v) is 7.99. The number of ether oxygens (including phenoxy) is 1. The summed E-state index contributed by atoms with van der Waals surface area (Å²) >= 11 is 0. The second kappa shape index (κ2) is 5.52. The SMILES string of the molecule is O=C(c1coc(=O)[nH]1)N1C[C@@H]2CN(C(=O)C3CCCO3)C[C@@H]2C1. The second-order valence-corrected chi connectivity index (χ2v) is 6.54. The van der Waals surface area contributed by atoms with E-state index in [9.17, 15) is 14.4 Å². The largest absolute Gasteiger partial charge is 0.416 e. The lowest BCUT2D eigenvalue weighted by molar-refractivity contribution is -0.140. The van der Waals surface area contributed by atoms with Crippen molar-refractivity contribution in [2.45, 2.75) is 18.9 Å². The highest BCUT2D eigenvalue weighted by atomic mass is 16.5. The molecule has 3 aliphatic rings. The molecule has 2 amide bonds. The minimum atomic E-state index is -0.624. The smallest absolute Gasteiger partial charge is 0.416 e. The van der Waals surface area contributed by atoms with Gasteiger partial charge in [-0.1, -0.05) is 0 Å². The Bertz CT molecular complexity index is 661. The molecule has 3 fully saturated rings. The fraction of sp³-hybridized carbons (Fsp3) is 0.667. The molecule has 0 radical (unpaired) electrons. The van der Waals surface area contributed by atoms with Crippen LogP contribution in [-0.2, 0) is 9.53 Å². The van der Waals surface area contributed by atoms with Gasteiger partial charge in [0.15, 0.2) is 0 Å². The molecule has 23 heavy (non-hydrogen) atoms. The van der Waals surface area contributed by atoms with Crippen LogP contribution in [0.5, 0.6) is 0 Å². The number of nitrogens with one attached hydrogen (secondary N) is 1. The van der Waals surface area contributed by atoms with Crippen LogP contribution in [0.1, 0.15) is 23.3 Å². The van der Waals surface area contributed by atoms with Gasteiger partial charge >= 0.3 is 5.76 Å². The highest BCUT2D eigenvalue weighted by Gasteiger charge is 2.44. The molecule has 0 aromatic carbocycles. The summed E-state index contributed by atoms with van der Waals surface area (Å²) in [5.41, 5.74) is 0.183. The van der Waals surface area contributed by atoms with Crippen molar-refractivity contribution >= 4 is 11.8 Å². The van der Waals surface area contributed by atoms with E-state index in [-0.39, 0.29) is 23.6 Å². The Kier molecular flexibility index (Phi) is 3.48. The van der Waals surface area contributed by atoms with Crippen molar-refractivity contribution in [2.24, 2.45) is 11.8 Å². The third kappa shape index (κ3) is 2.56. The van der Waals surface area contributed by atoms with Crippen molar-refractivity contribution in [2.75, 3.05) is 32.8 Å². The molecule has 3 aliphatic heterocycles. The van der Waals surface area contributed by atoms with Gasteiger partial charge in [-0.2, -0.15) is 0 Å². The Hall–Kier alpha value is -2.09. The predicted octanol–water partition coefficient (Wildman–Crippen LogP) is -0.323. The van der Waals surface area contributed by atoms with Crippen LogP contribution in [0.2, 0.25) is 0 Å². The fourth-order valence-corrected chi connectivity index (χ4v) is 3.87. The number of hydrogen-bond acceptors (Lipinski definition) is 5. The number of rotatable bonds is 2. The molecular formula is C15H19N3O5. The van der Waals surface area contributed by atoms with Crippen molar-refractivity contribution in [3.05, 3.63) is 22.5 Å². The van der Waals surface area contributed by atoms with Crippen LogP contribution >= 0.6 is 0 Å². The maximum Gasteiger partial charge on any atom is 0.416 e. The number of likely N-dealkylation sites (tertiary alicyclic amines) is 2. The summed E-state index contributed by atoms with van der Waals surface area (Å²) in [5, 5.41) is 0. The van der Waals surface area contributed by atoms with Crippen LogP contribution in [0.25, 0.3) is 0 Å². The number of carbonyl (C=O) groups is 2. The molecule has 0 aliphatic carbocycles. The Balaban J connectivity index is 1.37. The molecule has 3 saturated heterocycles. The molecule has 0 spiro atoms. The van der Waals surface area contributed by atoms with E-state index in [1.165, 1.54) is 0 Å². The topological polar surface area (TPSA) is 95.9 Å². The van der Waals surface area contributed by atoms with E-state index in [0.717, 1.165) is 19.1 Å². The van der Waals surface area contributed by atoms with E-state index in [1.54, 1.807) is 4.90 Å². The average Bonchev–Trinajstić information content (AvgIpc) is 3.28. The first-order chi connectivity index (χ1) is 11.1. The Labute approximate surface area is 132 Å². The van der Waals surface area contributed by atoms with Gasteiger partial charge in [0.05, 0.1) is 0 Å². The number of carbonyl (C=O) groups excluding carboxylic acids is 2. The predicted molar refractivity (Wildman–Crippen MR) is 77.8 cm³/mol. The van der Waals surface area contributed by atoms with E-state index in [4.69, 9.17) is 4.74 Å². The van der Waals surface area contributed by atoms with E-state index in [2.05, 4.69) is 9.40 Å². The van der Waals surface area contributed by atoms with Crippen molar-refractivity contribution in [3.63, 3.8) is 0 Å². The first kappa shape index (κ1) is 14.5. The van der Waals surface area contributed by atoms with Gasteiger partial charge in [-0.3, -0.25) is 14.6 Å². The molecule has 3 atom stereocenters. The zero-order valence-corrected chi connectivity index (χ0v) is 12.7. The van der Waals surface area contributed by atoms with Crippen molar-refractivity contribution < 1.29 is 18.7 Å². The summed E-state index contributed by atoms with van der Waals surface area (Å²) in [5.74, 6) is -0.164. The van der Waals surface area contributed by atoms with Crippen molar-refractivity contribution in [1.82, 2.24) is 14.8 Å². The number of aromatic amines is 1. The average molecular weight is 321 g/mol. The molecule has 1 N–H and O–H groups in total. The number of amides is 2. The van der Waals surface area contributed by atoms with Gasteiger partial charge in [-0.05, 0) is 12.8 Å². The lowest BCUT2D eigenvalue weighted by atomic mass is 10.0. The molecule has 8 heteroatoms. The third-order valence-electron chi connectivity index (χ3n) is 5.04. The molecule has 4 rings (SSSR count). The summed E-state index contributed by atoms with van der Waals surface area (Å²) in [6.45, 7) is 3.23. The molecule has 8 nitrogen and oxygen atoms in total. The highest BCUT2D eigenvalue weighted by Crippen LogP contribution is 2.32. The second-order valence-electron chi connectivity index (χ2n) is 6.54. The standard InChI is InChI=1S/C15H19N3O5/c19-13(11-8-23-15(21)16-11)17-4-9-6-18(7-10(9)5-17)14(20)12-2-1-3-22-12/h8-10,12H,1-7H2,(H,16,21)/t9-,10+,12?. The lowest BCUT2D eigenvalue weighted by Crippen LogP contribution is -2.40. The third-order valence-corrected chi connectivity index (χ3v) is 5.04. The van der Waals surface area contributed by atoms with Gasteiger partial charge < -0.3 is 19.0 Å². The Morgan fingerprint density at radius 2 is 1.83 bits per heavy atom. The minimum Gasteiger partial charge on any atom is -0.416 e. The van der Waals surface area contributed by atoms with Crippen LogP contribution in [-0.4, -0.2) is 65.5 Å². The van der Waals surface area contributed by atoms with Crippen LogP contribution in [0.4, 0.5) is 0 Å². The van der Waals surface area contributed by atoms with Crippen molar-refractivity contribution in [1.29, 1.82) is 0 Å². The van der Waals surface area contributed by atoms with Crippen LogP contribution in [0, 0.1) is 11.8 Å². The van der Waals surface area contributed by atoms with E-state index < -0.39 is 5.76 Å². The molecular weight excluding hydrogens is 302 g/mol. The summed E-state index contributed by atoms with van der Waals surface area (Å²) < 4.78 is 10.1. The molecule has 0 saturated carbocycles. The first-order valence-electron chi connectivity index (χ1n) is 7.99. The van der Waals surface area contributed by atoms with E-state index in [0.29, 0.717) is 44.6 Å². The molecule has 4 heterocycles. The number of hydrogen-bond donors (Lipinski definition) is 1. The summed E-state index contributed by atoms with van der Waals surface area (Å²) in [6.07, 6.45) is 2.64. The van der Waals surface area contributed by atoms with Crippen LogP contribution < -0.4 is 5.76 Å². The van der Waals surface area contributed by atoms with Crippen molar-refractivity contribution in [3.8, 4) is 0 Å². The van der Waals surface area contributed by atoms with Gasteiger partial charge in [0.2, 0.25) is 0 Å². The summed E-state index contributed by atoms with van der Waals surface area (Å²) in [7, 11) is 0. The maximum atomic E-state index is 12.4. The van der Waals surface area contributed by atoms with E-state index >= 15 is 0 Å². The number of nitrogens with zero attached hydrogens (tertiary/aromatic N) is 2. The van der Waals surface area contributed by atoms with E-state index in [1.807, 2.05) is 4.90 Å².